The highest BCUT2D eigenvalue weighted by Gasteiger charge is 2.27. The van der Waals surface area contributed by atoms with Gasteiger partial charge in [0, 0.05) is 24.4 Å². The molecule has 0 aliphatic heterocycles. The van der Waals surface area contributed by atoms with Gasteiger partial charge in [-0.2, -0.15) is 4.98 Å². The quantitative estimate of drug-likeness (QED) is 0.461. The van der Waals surface area contributed by atoms with Crippen LogP contribution in [0.25, 0.3) is 11.2 Å². The third-order valence-corrected chi connectivity index (χ3v) is 7.19. The van der Waals surface area contributed by atoms with Crippen LogP contribution in [0.5, 0.6) is 0 Å². The number of nitrogen functional groups attached to an aromatic ring is 1. The van der Waals surface area contributed by atoms with E-state index in [1.54, 1.807) is 38.2 Å². The van der Waals surface area contributed by atoms with E-state index in [9.17, 15) is 13.8 Å². The van der Waals surface area contributed by atoms with Gasteiger partial charge in [0.2, 0.25) is 5.16 Å². The molecule has 0 bridgehead atoms. The summed E-state index contributed by atoms with van der Waals surface area (Å²) in [5, 5.41) is 0.298. The number of hydrogen-bond donors (Lipinski definition) is 2. The number of benzene rings is 1. The van der Waals surface area contributed by atoms with E-state index in [0.29, 0.717) is 18.0 Å². The number of nitrogens with one attached hydrogen (secondary N) is 1. The Morgan fingerprint density at radius 1 is 1.21 bits per heavy atom. The number of aromatic nitrogens is 4. The second-order valence-electron chi connectivity index (χ2n) is 7.83. The fraction of sp³-hybridized carbons (Fsp3) is 0.429. The van der Waals surface area contributed by atoms with E-state index < -0.39 is 21.4 Å². The molecule has 2 aromatic heterocycles. The van der Waals surface area contributed by atoms with Gasteiger partial charge in [-0.25, -0.2) is 28.1 Å². The highest BCUT2D eigenvalue weighted by Crippen LogP contribution is 2.22. The first-order chi connectivity index (χ1) is 15.6. The molecule has 0 saturated heterocycles. The second kappa shape index (κ2) is 9.92. The van der Waals surface area contributed by atoms with Gasteiger partial charge in [0.05, 0.1) is 6.54 Å². The normalized spacial score (nSPS) is 13.2. The van der Waals surface area contributed by atoms with E-state index in [1.807, 2.05) is 6.92 Å². The number of imidazole rings is 1. The number of carbonyl (C=O) groups is 1. The third kappa shape index (κ3) is 5.03. The lowest BCUT2D eigenvalue weighted by Gasteiger charge is -2.17. The Hall–Kier alpha value is -2.92. The largest absolute Gasteiger partial charge is 0.382 e. The van der Waals surface area contributed by atoms with Crippen LogP contribution in [0.4, 0.5) is 10.6 Å². The lowest BCUT2D eigenvalue weighted by atomic mass is 10.2. The van der Waals surface area contributed by atoms with Crippen LogP contribution in [0.3, 0.4) is 0 Å². The number of amides is 1. The number of rotatable bonds is 8. The van der Waals surface area contributed by atoms with Gasteiger partial charge in [0.15, 0.2) is 11.5 Å². The van der Waals surface area contributed by atoms with Crippen LogP contribution in [0, 0.1) is 4.78 Å². The number of unbranched alkanes of at least 4 members (excludes halogenated alkanes) is 1. The Morgan fingerprint density at radius 2 is 1.88 bits per heavy atom. The van der Waals surface area contributed by atoms with Gasteiger partial charge in [-0.15, -0.1) is 0 Å². The van der Waals surface area contributed by atoms with Crippen molar-refractivity contribution in [3.05, 3.63) is 45.3 Å². The summed E-state index contributed by atoms with van der Waals surface area (Å²) in [6.07, 6.45) is 2.14. The van der Waals surface area contributed by atoms with Gasteiger partial charge in [-0.05, 0) is 30.5 Å². The summed E-state index contributed by atoms with van der Waals surface area (Å²) in [5.41, 5.74) is 6.37. The zero-order valence-electron chi connectivity index (χ0n) is 18.9. The fourth-order valence-electron chi connectivity index (χ4n) is 3.43. The summed E-state index contributed by atoms with van der Waals surface area (Å²) in [4.78, 5) is 36.4. The zero-order chi connectivity index (χ0) is 24.3. The van der Waals surface area contributed by atoms with Crippen LogP contribution >= 0.6 is 11.6 Å². The SMILES string of the molecule is CCCCN(C)C(=O)n1c(=O)n(Cc2ccc(Cl)cc2)c2nc(S(=N)(=O)CCC)nc(N)c21. The van der Waals surface area contributed by atoms with Crippen molar-refractivity contribution >= 4 is 44.3 Å². The standard InChI is InChI=1S/C21H28ClN7O3S/c1-4-6-11-27(3)20(30)29-16-17(23)25-19(33(24,32)12-5-2)26-18(16)28(21(29)31)13-14-7-9-15(22)10-8-14/h7-10,24H,4-6,11-13H2,1-3H3,(H2,23,25,26). The predicted molar refractivity (Wildman–Crippen MR) is 129 cm³/mol. The maximum absolute atomic E-state index is 13.4. The Kier molecular flexibility index (Phi) is 7.43. The van der Waals surface area contributed by atoms with Crippen molar-refractivity contribution in [1.82, 2.24) is 24.0 Å². The van der Waals surface area contributed by atoms with Gasteiger partial charge >= 0.3 is 11.7 Å². The van der Waals surface area contributed by atoms with Crippen molar-refractivity contribution in [3.8, 4) is 0 Å². The minimum Gasteiger partial charge on any atom is -0.382 e. The van der Waals surface area contributed by atoms with Crippen LogP contribution in [-0.4, -0.2) is 53.6 Å². The molecule has 0 saturated carbocycles. The van der Waals surface area contributed by atoms with Crippen molar-refractivity contribution in [2.24, 2.45) is 0 Å². The number of carbonyl (C=O) groups excluding carboxylic acids is 1. The number of hydrogen-bond acceptors (Lipinski definition) is 7. The molecule has 0 fully saturated rings. The summed E-state index contributed by atoms with van der Waals surface area (Å²) in [6.45, 7) is 4.34. The van der Waals surface area contributed by atoms with Crippen LogP contribution in [-0.2, 0) is 16.3 Å². The number of fused-ring (bicyclic) bond motifs is 1. The van der Waals surface area contributed by atoms with Gasteiger partial charge in [-0.1, -0.05) is 44.0 Å². The molecule has 3 aromatic rings. The van der Waals surface area contributed by atoms with Crippen molar-refractivity contribution in [1.29, 1.82) is 4.78 Å². The molecule has 0 aliphatic carbocycles. The first kappa shape index (κ1) is 24.7. The van der Waals surface area contributed by atoms with E-state index in [1.165, 1.54) is 9.47 Å². The third-order valence-electron chi connectivity index (χ3n) is 5.18. The van der Waals surface area contributed by atoms with Crippen LogP contribution < -0.4 is 11.4 Å². The average molecular weight is 494 g/mol. The predicted octanol–water partition coefficient (Wildman–Crippen LogP) is 3.39. The van der Waals surface area contributed by atoms with Gasteiger partial charge in [0.25, 0.3) is 0 Å². The van der Waals surface area contributed by atoms with E-state index in [0.717, 1.165) is 23.0 Å². The summed E-state index contributed by atoms with van der Waals surface area (Å²) in [7, 11) is -1.70. The molecular formula is C21H28ClN7O3S. The lowest BCUT2D eigenvalue weighted by molar-refractivity contribution is 0.210. The molecule has 0 radical (unpaired) electrons. The molecule has 10 nitrogen and oxygen atoms in total. The molecule has 178 valence electrons. The molecule has 1 unspecified atom stereocenters. The van der Waals surface area contributed by atoms with Gasteiger partial charge < -0.3 is 10.6 Å². The van der Waals surface area contributed by atoms with Crippen LogP contribution in [0.15, 0.2) is 34.2 Å². The number of halogens is 1. The highest BCUT2D eigenvalue weighted by molar-refractivity contribution is 7.92. The second-order valence-corrected chi connectivity index (χ2v) is 10.4. The average Bonchev–Trinajstić information content (AvgIpc) is 3.05. The molecule has 1 amide bonds. The van der Waals surface area contributed by atoms with Crippen LogP contribution in [0.1, 0.15) is 38.7 Å². The number of nitrogens with two attached hydrogens (primary N) is 1. The first-order valence-electron chi connectivity index (χ1n) is 10.7. The molecule has 3 N–H and O–H groups in total. The smallest absolute Gasteiger partial charge is 0.339 e. The molecule has 2 heterocycles. The Labute approximate surface area is 197 Å². The molecule has 1 atom stereocenters. The Balaban J connectivity index is 2.26. The molecule has 0 aliphatic rings. The Morgan fingerprint density at radius 3 is 2.48 bits per heavy atom. The Bertz CT molecular complexity index is 1330. The van der Waals surface area contributed by atoms with Crippen molar-refractivity contribution in [2.75, 3.05) is 25.1 Å². The van der Waals surface area contributed by atoms with Crippen LogP contribution in [0.2, 0.25) is 5.02 Å². The zero-order valence-corrected chi connectivity index (χ0v) is 20.4. The first-order valence-corrected chi connectivity index (χ1v) is 12.8. The topological polar surface area (TPSA) is 140 Å². The molecule has 0 spiro atoms. The highest BCUT2D eigenvalue weighted by atomic mass is 35.5. The van der Waals surface area contributed by atoms with E-state index in [4.69, 9.17) is 22.1 Å². The summed E-state index contributed by atoms with van der Waals surface area (Å²) < 4.78 is 23.3. The van der Waals surface area contributed by atoms with Gasteiger partial charge in [0.1, 0.15) is 15.2 Å². The summed E-state index contributed by atoms with van der Waals surface area (Å²) in [6, 6.07) is 6.33. The summed E-state index contributed by atoms with van der Waals surface area (Å²) in [5.74, 6) is -0.117. The maximum atomic E-state index is 13.4. The summed E-state index contributed by atoms with van der Waals surface area (Å²) >= 11 is 5.97. The van der Waals surface area contributed by atoms with Crippen molar-refractivity contribution in [3.63, 3.8) is 0 Å². The lowest BCUT2D eigenvalue weighted by Crippen LogP contribution is -2.38. The molecule has 12 heteroatoms. The molecule has 1 aromatic carbocycles. The van der Waals surface area contributed by atoms with Gasteiger partial charge in [-0.3, -0.25) is 4.57 Å². The monoisotopic (exact) mass is 493 g/mol. The molecule has 3 rings (SSSR count). The number of anilines is 1. The van der Waals surface area contributed by atoms with Crippen molar-refractivity contribution in [2.45, 2.75) is 44.8 Å². The maximum Gasteiger partial charge on any atom is 0.339 e. The van der Waals surface area contributed by atoms with Crippen molar-refractivity contribution < 1.29 is 9.00 Å². The minimum absolute atomic E-state index is 0.0396. The van der Waals surface area contributed by atoms with E-state index in [2.05, 4.69) is 9.97 Å². The number of nitrogens with zero attached hydrogens (tertiary/aromatic N) is 5. The van der Waals surface area contributed by atoms with E-state index >= 15 is 0 Å². The molecule has 33 heavy (non-hydrogen) atoms. The van der Waals surface area contributed by atoms with E-state index in [-0.39, 0.29) is 34.4 Å². The fourth-order valence-corrected chi connectivity index (χ4v) is 4.79. The minimum atomic E-state index is -3.31. The molecular weight excluding hydrogens is 466 g/mol.